The van der Waals surface area contributed by atoms with Crippen LogP contribution in [0.4, 0.5) is 0 Å². The predicted molar refractivity (Wildman–Crippen MR) is 44.8 cm³/mol. The van der Waals surface area contributed by atoms with Gasteiger partial charge in [0.1, 0.15) is 0 Å². The molecule has 1 nitrogen and oxygen atoms in total. The molecule has 1 atom stereocenters. The Morgan fingerprint density at radius 3 is 2.40 bits per heavy atom. The minimum absolute atomic E-state index is 0.169. The third-order valence-electron chi connectivity index (χ3n) is 1.74. The van der Waals surface area contributed by atoms with Gasteiger partial charge in [0.15, 0.2) is 0 Å². The second-order valence-corrected chi connectivity index (χ2v) is 3.68. The van der Waals surface area contributed by atoms with E-state index < -0.39 is 0 Å². The fourth-order valence-electron chi connectivity index (χ4n) is 1.05. The third kappa shape index (κ3) is 3.67. The highest BCUT2D eigenvalue weighted by Crippen LogP contribution is 2.25. The SMILES string of the molecule is C=CC(C)(C)CC(C)CO. The molecule has 0 saturated heterocycles. The largest absolute Gasteiger partial charge is 0.396 e. The van der Waals surface area contributed by atoms with Crippen molar-refractivity contribution in [2.45, 2.75) is 27.2 Å². The summed E-state index contributed by atoms with van der Waals surface area (Å²) >= 11 is 0. The van der Waals surface area contributed by atoms with Crippen molar-refractivity contribution in [3.63, 3.8) is 0 Å². The zero-order valence-corrected chi connectivity index (χ0v) is 7.22. The highest BCUT2D eigenvalue weighted by molar-refractivity contribution is 4.88. The van der Waals surface area contributed by atoms with Crippen LogP contribution in [0.3, 0.4) is 0 Å². The van der Waals surface area contributed by atoms with E-state index in [0.717, 1.165) is 6.42 Å². The van der Waals surface area contributed by atoms with E-state index in [0.29, 0.717) is 5.92 Å². The summed E-state index contributed by atoms with van der Waals surface area (Å²) in [5.74, 6) is 0.382. The number of aliphatic hydroxyl groups is 1. The van der Waals surface area contributed by atoms with Crippen LogP contribution in [0.2, 0.25) is 0 Å². The molecule has 0 aromatic heterocycles. The molecule has 0 saturated carbocycles. The molecule has 60 valence electrons. The normalized spacial score (nSPS) is 14.8. The van der Waals surface area contributed by atoms with Crippen molar-refractivity contribution in [1.82, 2.24) is 0 Å². The first kappa shape index (κ1) is 9.70. The van der Waals surface area contributed by atoms with Gasteiger partial charge in [0.25, 0.3) is 0 Å². The molecule has 1 unspecified atom stereocenters. The summed E-state index contributed by atoms with van der Waals surface area (Å²) in [5.41, 5.74) is 0.169. The van der Waals surface area contributed by atoms with E-state index in [1.54, 1.807) is 0 Å². The highest BCUT2D eigenvalue weighted by Gasteiger charge is 2.15. The number of allylic oxidation sites excluding steroid dienone is 1. The Bertz CT molecular complexity index is 105. The minimum atomic E-state index is 0.169. The Morgan fingerprint density at radius 1 is 1.60 bits per heavy atom. The van der Waals surface area contributed by atoms with Gasteiger partial charge < -0.3 is 5.11 Å². The number of hydrogen-bond acceptors (Lipinski definition) is 1. The molecular formula is C9H18O. The van der Waals surface area contributed by atoms with E-state index >= 15 is 0 Å². The standard InChI is InChI=1S/C9H18O/c1-5-9(3,4)6-8(2)7-10/h5,8,10H,1,6-7H2,2-4H3. The maximum Gasteiger partial charge on any atom is 0.0456 e. The van der Waals surface area contributed by atoms with Crippen LogP contribution >= 0.6 is 0 Å². The second kappa shape index (κ2) is 3.77. The maximum atomic E-state index is 8.76. The van der Waals surface area contributed by atoms with Gasteiger partial charge in [-0.2, -0.15) is 0 Å². The molecule has 0 bridgehead atoms. The fraction of sp³-hybridized carbons (Fsp3) is 0.778. The van der Waals surface area contributed by atoms with Gasteiger partial charge in [-0.05, 0) is 17.8 Å². The first-order chi connectivity index (χ1) is 4.52. The molecule has 1 heteroatoms. The van der Waals surface area contributed by atoms with Crippen LogP contribution in [0.15, 0.2) is 12.7 Å². The minimum Gasteiger partial charge on any atom is -0.396 e. The maximum absolute atomic E-state index is 8.76. The van der Waals surface area contributed by atoms with Gasteiger partial charge >= 0.3 is 0 Å². The Hall–Kier alpha value is -0.300. The van der Waals surface area contributed by atoms with E-state index in [1.165, 1.54) is 0 Å². The molecule has 0 aliphatic carbocycles. The summed E-state index contributed by atoms with van der Waals surface area (Å²) in [6.07, 6.45) is 2.95. The van der Waals surface area contributed by atoms with Gasteiger partial charge in [0.05, 0.1) is 0 Å². The summed E-state index contributed by atoms with van der Waals surface area (Å²) in [6, 6.07) is 0. The van der Waals surface area contributed by atoms with Gasteiger partial charge in [-0.1, -0.05) is 26.8 Å². The Balaban J connectivity index is 3.75. The van der Waals surface area contributed by atoms with E-state index in [9.17, 15) is 0 Å². The van der Waals surface area contributed by atoms with Gasteiger partial charge in [0, 0.05) is 6.61 Å². The molecule has 0 amide bonds. The van der Waals surface area contributed by atoms with Crippen LogP contribution in [0.25, 0.3) is 0 Å². The molecule has 0 aromatic carbocycles. The van der Waals surface area contributed by atoms with Crippen LogP contribution in [-0.4, -0.2) is 11.7 Å². The van der Waals surface area contributed by atoms with Crippen molar-refractivity contribution >= 4 is 0 Å². The average molecular weight is 142 g/mol. The lowest BCUT2D eigenvalue weighted by molar-refractivity contribution is 0.201. The Morgan fingerprint density at radius 2 is 2.10 bits per heavy atom. The molecule has 0 heterocycles. The van der Waals surface area contributed by atoms with E-state index in [4.69, 9.17) is 5.11 Å². The molecule has 1 N–H and O–H groups in total. The fourth-order valence-corrected chi connectivity index (χ4v) is 1.05. The van der Waals surface area contributed by atoms with Crippen molar-refractivity contribution in [2.24, 2.45) is 11.3 Å². The first-order valence-corrected chi connectivity index (χ1v) is 3.76. The summed E-state index contributed by atoms with van der Waals surface area (Å²) in [4.78, 5) is 0. The van der Waals surface area contributed by atoms with Gasteiger partial charge in [-0.15, -0.1) is 6.58 Å². The molecule has 0 aliphatic heterocycles. The molecule has 0 fully saturated rings. The summed E-state index contributed by atoms with van der Waals surface area (Å²) in [6.45, 7) is 10.3. The average Bonchev–Trinajstić information content (AvgIpc) is 1.87. The summed E-state index contributed by atoms with van der Waals surface area (Å²) in [7, 11) is 0. The van der Waals surface area contributed by atoms with E-state index in [-0.39, 0.29) is 12.0 Å². The molecular weight excluding hydrogens is 124 g/mol. The van der Waals surface area contributed by atoms with Crippen LogP contribution in [0.1, 0.15) is 27.2 Å². The van der Waals surface area contributed by atoms with Crippen LogP contribution in [0, 0.1) is 11.3 Å². The molecule has 0 radical (unpaired) electrons. The van der Waals surface area contributed by atoms with E-state index in [1.807, 2.05) is 13.0 Å². The molecule has 10 heavy (non-hydrogen) atoms. The van der Waals surface area contributed by atoms with E-state index in [2.05, 4.69) is 20.4 Å². The van der Waals surface area contributed by atoms with Crippen molar-refractivity contribution in [3.05, 3.63) is 12.7 Å². The highest BCUT2D eigenvalue weighted by atomic mass is 16.3. The molecule has 0 spiro atoms. The predicted octanol–water partition coefficient (Wildman–Crippen LogP) is 2.22. The van der Waals surface area contributed by atoms with Crippen LogP contribution in [0.5, 0.6) is 0 Å². The van der Waals surface area contributed by atoms with Gasteiger partial charge in [-0.3, -0.25) is 0 Å². The lowest BCUT2D eigenvalue weighted by Gasteiger charge is -2.22. The number of aliphatic hydroxyl groups excluding tert-OH is 1. The molecule has 0 rings (SSSR count). The van der Waals surface area contributed by atoms with Crippen molar-refractivity contribution in [1.29, 1.82) is 0 Å². The Labute approximate surface area is 63.8 Å². The quantitative estimate of drug-likeness (QED) is 0.597. The zero-order chi connectivity index (χ0) is 8.20. The van der Waals surface area contributed by atoms with Gasteiger partial charge in [0.2, 0.25) is 0 Å². The van der Waals surface area contributed by atoms with Crippen LogP contribution < -0.4 is 0 Å². The van der Waals surface area contributed by atoms with Crippen LogP contribution in [-0.2, 0) is 0 Å². The first-order valence-electron chi connectivity index (χ1n) is 3.76. The number of rotatable bonds is 4. The second-order valence-electron chi connectivity index (χ2n) is 3.68. The van der Waals surface area contributed by atoms with Crippen molar-refractivity contribution in [3.8, 4) is 0 Å². The topological polar surface area (TPSA) is 20.2 Å². The molecule has 0 aromatic rings. The Kier molecular flexibility index (Phi) is 3.66. The van der Waals surface area contributed by atoms with Crippen molar-refractivity contribution < 1.29 is 5.11 Å². The summed E-state index contributed by atoms with van der Waals surface area (Å²) < 4.78 is 0. The molecule has 0 aliphatic rings. The lowest BCUT2D eigenvalue weighted by atomic mass is 9.84. The van der Waals surface area contributed by atoms with Gasteiger partial charge in [-0.25, -0.2) is 0 Å². The lowest BCUT2D eigenvalue weighted by Crippen LogP contribution is -2.14. The zero-order valence-electron chi connectivity index (χ0n) is 7.22. The number of hydrogen-bond donors (Lipinski definition) is 1. The monoisotopic (exact) mass is 142 g/mol. The summed E-state index contributed by atoms with van der Waals surface area (Å²) in [5, 5.41) is 8.76. The smallest absolute Gasteiger partial charge is 0.0456 e. The van der Waals surface area contributed by atoms with Crippen molar-refractivity contribution in [2.75, 3.05) is 6.61 Å². The third-order valence-corrected chi connectivity index (χ3v) is 1.74.